The summed E-state index contributed by atoms with van der Waals surface area (Å²) in [6.45, 7) is 5.48. The van der Waals surface area contributed by atoms with Crippen LogP contribution < -0.4 is 5.32 Å². The summed E-state index contributed by atoms with van der Waals surface area (Å²) in [6, 6.07) is 0. The second-order valence-electron chi connectivity index (χ2n) is 4.74. The third-order valence-electron chi connectivity index (χ3n) is 3.49. The number of H-pyrrole nitrogens is 1. The molecule has 0 aromatic carbocycles. The van der Waals surface area contributed by atoms with Crippen LogP contribution in [0.25, 0.3) is 0 Å². The fourth-order valence-electron chi connectivity index (χ4n) is 2.32. The lowest BCUT2D eigenvalue weighted by Gasteiger charge is -2.33. The third-order valence-corrected chi connectivity index (χ3v) is 3.49. The average molecular weight is 253 g/mol. The van der Waals surface area contributed by atoms with Gasteiger partial charge in [0.1, 0.15) is 11.4 Å². The molecule has 0 saturated carbocycles. The van der Waals surface area contributed by atoms with E-state index >= 15 is 0 Å². The van der Waals surface area contributed by atoms with E-state index in [9.17, 15) is 0 Å². The predicted octanol–water partition coefficient (Wildman–Crippen LogP) is 1.56. The molecule has 5 heteroatoms. The molecule has 0 unspecified atom stereocenters. The number of rotatable bonds is 6. The summed E-state index contributed by atoms with van der Waals surface area (Å²) in [5, 5.41) is 3.36. The molecule has 0 bridgehead atoms. The Hall–Kier alpha value is -0.910. The lowest BCUT2D eigenvalue weighted by atomic mass is 9.93. The van der Waals surface area contributed by atoms with Crippen molar-refractivity contribution in [2.45, 2.75) is 38.3 Å². The van der Waals surface area contributed by atoms with Crippen LogP contribution in [-0.2, 0) is 21.6 Å². The first-order valence-corrected chi connectivity index (χ1v) is 6.69. The molecule has 2 rings (SSSR count). The Morgan fingerprint density at radius 3 is 2.94 bits per heavy atom. The highest BCUT2D eigenvalue weighted by Crippen LogP contribution is 2.33. The minimum Gasteiger partial charge on any atom is -0.381 e. The molecule has 2 N–H and O–H groups in total. The van der Waals surface area contributed by atoms with E-state index in [1.807, 2.05) is 6.20 Å². The number of hydrogen-bond acceptors (Lipinski definition) is 4. The Balaban J connectivity index is 2.02. The summed E-state index contributed by atoms with van der Waals surface area (Å²) >= 11 is 0. The molecule has 2 heterocycles. The fraction of sp³-hybridized carbons (Fsp3) is 0.769. The molecule has 1 saturated heterocycles. The van der Waals surface area contributed by atoms with Crippen molar-refractivity contribution in [2.24, 2.45) is 0 Å². The Kier molecular flexibility index (Phi) is 4.74. The Bertz CT molecular complexity index is 359. The van der Waals surface area contributed by atoms with Gasteiger partial charge in [0.2, 0.25) is 0 Å². The number of hydrogen-bond donors (Lipinski definition) is 2. The zero-order valence-corrected chi connectivity index (χ0v) is 11.3. The number of methoxy groups -OCH3 is 1. The smallest absolute Gasteiger partial charge is 0.138 e. The van der Waals surface area contributed by atoms with Gasteiger partial charge in [-0.25, -0.2) is 4.98 Å². The highest BCUT2D eigenvalue weighted by atomic mass is 16.5. The Labute approximate surface area is 108 Å². The van der Waals surface area contributed by atoms with Gasteiger partial charge in [-0.2, -0.15) is 0 Å². The van der Waals surface area contributed by atoms with Gasteiger partial charge in [0, 0.05) is 51.6 Å². The molecule has 1 aromatic heterocycles. The van der Waals surface area contributed by atoms with Gasteiger partial charge in [0.05, 0.1) is 0 Å². The van der Waals surface area contributed by atoms with Crippen LogP contribution in [-0.4, -0.2) is 36.8 Å². The highest BCUT2D eigenvalue weighted by molar-refractivity contribution is 5.10. The number of imidazole rings is 1. The van der Waals surface area contributed by atoms with Crippen LogP contribution in [0.1, 0.15) is 37.7 Å². The summed E-state index contributed by atoms with van der Waals surface area (Å²) < 4.78 is 11.1. The standard InChI is InChI=1S/C13H23N3O2/c1-3-6-14-9-11-10-15-12(16-11)13(17-2)4-7-18-8-5-13/h10,14H,3-9H2,1-2H3,(H,15,16). The van der Waals surface area contributed by atoms with Crippen molar-refractivity contribution < 1.29 is 9.47 Å². The van der Waals surface area contributed by atoms with Crippen molar-refractivity contribution >= 4 is 0 Å². The predicted molar refractivity (Wildman–Crippen MR) is 69.3 cm³/mol. The SMILES string of the molecule is CCCNCc1cnc(C2(OC)CCOCC2)[nH]1. The highest BCUT2D eigenvalue weighted by Gasteiger charge is 2.37. The summed E-state index contributed by atoms with van der Waals surface area (Å²) in [6.07, 6.45) is 4.76. The normalized spacial score (nSPS) is 19.0. The van der Waals surface area contributed by atoms with Crippen LogP contribution >= 0.6 is 0 Å². The second kappa shape index (κ2) is 6.31. The van der Waals surface area contributed by atoms with E-state index in [-0.39, 0.29) is 5.60 Å². The maximum Gasteiger partial charge on any atom is 0.138 e. The zero-order valence-electron chi connectivity index (χ0n) is 11.3. The number of ether oxygens (including phenoxy) is 2. The first-order valence-electron chi connectivity index (χ1n) is 6.69. The van der Waals surface area contributed by atoms with Gasteiger partial charge >= 0.3 is 0 Å². The molecule has 102 valence electrons. The Morgan fingerprint density at radius 2 is 2.28 bits per heavy atom. The van der Waals surface area contributed by atoms with Gasteiger partial charge in [-0.05, 0) is 13.0 Å². The van der Waals surface area contributed by atoms with Crippen molar-refractivity contribution in [1.29, 1.82) is 0 Å². The third kappa shape index (κ3) is 2.91. The topological polar surface area (TPSA) is 59.2 Å². The maximum atomic E-state index is 5.71. The minimum atomic E-state index is -0.290. The van der Waals surface area contributed by atoms with Gasteiger partial charge < -0.3 is 19.8 Å². The first kappa shape index (κ1) is 13.5. The van der Waals surface area contributed by atoms with E-state index < -0.39 is 0 Å². The largest absolute Gasteiger partial charge is 0.381 e. The lowest BCUT2D eigenvalue weighted by Crippen LogP contribution is -2.36. The van der Waals surface area contributed by atoms with E-state index in [1.54, 1.807) is 7.11 Å². The molecule has 1 fully saturated rings. The monoisotopic (exact) mass is 253 g/mol. The maximum absolute atomic E-state index is 5.71. The fourth-order valence-corrected chi connectivity index (χ4v) is 2.32. The van der Waals surface area contributed by atoms with E-state index in [4.69, 9.17) is 9.47 Å². The molecular formula is C13H23N3O2. The van der Waals surface area contributed by atoms with Crippen LogP contribution in [0.5, 0.6) is 0 Å². The molecular weight excluding hydrogens is 230 g/mol. The molecule has 18 heavy (non-hydrogen) atoms. The van der Waals surface area contributed by atoms with Crippen molar-refractivity contribution in [1.82, 2.24) is 15.3 Å². The average Bonchev–Trinajstić information content (AvgIpc) is 2.89. The number of nitrogens with one attached hydrogen (secondary N) is 2. The summed E-state index contributed by atoms with van der Waals surface area (Å²) in [5.74, 6) is 0.932. The van der Waals surface area contributed by atoms with E-state index in [1.165, 1.54) is 0 Å². The Morgan fingerprint density at radius 1 is 1.50 bits per heavy atom. The van der Waals surface area contributed by atoms with E-state index in [2.05, 4.69) is 22.2 Å². The zero-order chi connectivity index (χ0) is 12.8. The van der Waals surface area contributed by atoms with Gasteiger partial charge in [0.15, 0.2) is 0 Å². The van der Waals surface area contributed by atoms with Gasteiger partial charge in [-0.1, -0.05) is 6.92 Å². The number of nitrogens with zero attached hydrogens (tertiary/aromatic N) is 1. The summed E-state index contributed by atoms with van der Waals surface area (Å²) in [7, 11) is 1.75. The first-order chi connectivity index (χ1) is 8.80. The lowest BCUT2D eigenvalue weighted by molar-refractivity contribution is -0.0996. The van der Waals surface area contributed by atoms with Crippen LogP contribution in [0.15, 0.2) is 6.20 Å². The van der Waals surface area contributed by atoms with E-state index in [0.29, 0.717) is 0 Å². The molecule has 0 amide bonds. The summed E-state index contributed by atoms with van der Waals surface area (Å²) in [5.41, 5.74) is 0.822. The minimum absolute atomic E-state index is 0.290. The van der Waals surface area contributed by atoms with Gasteiger partial charge in [-0.3, -0.25) is 0 Å². The number of aromatic nitrogens is 2. The van der Waals surface area contributed by atoms with Crippen LogP contribution in [0, 0.1) is 0 Å². The van der Waals surface area contributed by atoms with Crippen molar-refractivity contribution in [2.75, 3.05) is 26.9 Å². The molecule has 0 aliphatic carbocycles. The molecule has 1 aliphatic rings. The van der Waals surface area contributed by atoms with Crippen LogP contribution in [0.3, 0.4) is 0 Å². The van der Waals surface area contributed by atoms with Crippen molar-refractivity contribution in [3.8, 4) is 0 Å². The van der Waals surface area contributed by atoms with Crippen molar-refractivity contribution in [3.05, 3.63) is 17.7 Å². The van der Waals surface area contributed by atoms with E-state index in [0.717, 1.165) is 57.1 Å². The molecule has 0 radical (unpaired) electrons. The van der Waals surface area contributed by atoms with Crippen LogP contribution in [0.2, 0.25) is 0 Å². The molecule has 0 atom stereocenters. The quantitative estimate of drug-likeness (QED) is 0.755. The molecule has 1 aliphatic heterocycles. The molecule has 1 aromatic rings. The molecule has 0 spiro atoms. The van der Waals surface area contributed by atoms with Crippen molar-refractivity contribution in [3.63, 3.8) is 0 Å². The molecule has 5 nitrogen and oxygen atoms in total. The van der Waals surface area contributed by atoms with Crippen LogP contribution in [0.4, 0.5) is 0 Å². The van der Waals surface area contributed by atoms with Gasteiger partial charge in [-0.15, -0.1) is 0 Å². The number of aromatic amines is 1. The van der Waals surface area contributed by atoms with Gasteiger partial charge in [0.25, 0.3) is 0 Å². The second-order valence-corrected chi connectivity index (χ2v) is 4.74. The summed E-state index contributed by atoms with van der Waals surface area (Å²) in [4.78, 5) is 7.86.